The molecule has 0 saturated carbocycles. The molecule has 2 aromatic carbocycles. The van der Waals surface area contributed by atoms with E-state index >= 15 is 0 Å². The number of nitrogens with two attached hydrogens (primary N) is 1. The molecule has 0 amide bonds. The standard InChI is InChI=1S/C18H17F2N3O2S.ClH/c1-26(24,25)15-4-2-12(3-5-15)16-8-14(20)9-17-18(16)22-11-23(17)10-13(19)6-7-21;/h2-6,8-9,11H,7,10,21H2,1H3;1H/b13-6-;. The molecule has 0 fully saturated rings. The predicted molar refractivity (Wildman–Crippen MR) is 104 cm³/mol. The van der Waals surface area contributed by atoms with Gasteiger partial charge in [-0.15, -0.1) is 12.4 Å². The van der Waals surface area contributed by atoms with Crippen molar-refractivity contribution < 1.29 is 17.2 Å². The Morgan fingerprint density at radius 3 is 2.52 bits per heavy atom. The van der Waals surface area contributed by atoms with E-state index in [4.69, 9.17) is 5.73 Å². The molecule has 0 atom stereocenters. The number of benzene rings is 2. The summed E-state index contributed by atoms with van der Waals surface area (Å²) in [4.78, 5) is 4.45. The number of sulfone groups is 1. The van der Waals surface area contributed by atoms with Gasteiger partial charge >= 0.3 is 0 Å². The van der Waals surface area contributed by atoms with Gasteiger partial charge in [0, 0.05) is 18.4 Å². The number of hydrogen-bond acceptors (Lipinski definition) is 4. The molecule has 0 saturated heterocycles. The molecule has 0 bridgehead atoms. The monoisotopic (exact) mass is 413 g/mol. The van der Waals surface area contributed by atoms with Crippen LogP contribution in [-0.4, -0.2) is 30.8 Å². The highest BCUT2D eigenvalue weighted by Gasteiger charge is 2.14. The van der Waals surface area contributed by atoms with E-state index in [-0.39, 0.29) is 30.4 Å². The first-order valence-corrected chi connectivity index (χ1v) is 9.68. The summed E-state index contributed by atoms with van der Waals surface area (Å²) in [5.41, 5.74) is 7.35. The topological polar surface area (TPSA) is 78.0 Å². The summed E-state index contributed by atoms with van der Waals surface area (Å²) < 4.78 is 52.5. The van der Waals surface area contributed by atoms with E-state index in [0.717, 1.165) is 6.26 Å². The van der Waals surface area contributed by atoms with E-state index in [1.165, 1.54) is 41.2 Å². The molecule has 0 aliphatic rings. The maximum atomic E-state index is 14.1. The number of allylic oxidation sites excluding steroid dienone is 1. The lowest BCUT2D eigenvalue weighted by molar-refractivity contribution is 0.557. The van der Waals surface area contributed by atoms with Crippen LogP contribution in [0, 0.1) is 5.82 Å². The fourth-order valence-corrected chi connectivity index (χ4v) is 3.34. The van der Waals surface area contributed by atoms with Gasteiger partial charge in [0.2, 0.25) is 0 Å². The van der Waals surface area contributed by atoms with Gasteiger partial charge in [0.1, 0.15) is 11.6 Å². The van der Waals surface area contributed by atoms with Crippen molar-refractivity contribution in [3.63, 3.8) is 0 Å². The lowest BCUT2D eigenvalue weighted by Gasteiger charge is -2.07. The van der Waals surface area contributed by atoms with Gasteiger partial charge in [-0.2, -0.15) is 0 Å². The van der Waals surface area contributed by atoms with Crippen molar-refractivity contribution in [3.05, 3.63) is 60.4 Å². The van der Waals surface area contributed by atoms with Gasteiger partial charge in [-0.1, -0.05) is 12.1 Å². The van der Waals surface area contributed by atoms with E-state index in [1.54, 1.807) is 12.1 Å². The van der Waals surface area contributed by atoms with Crippen LogP contribution in [0.15, 0.2) is 59.5 Å². The van der Waals surface area contributed by atoms with Crippen LogP contribution in [-0.2, 0) is 16.4 Å². The minimum Gasteiger partial charge on any atom is -0.327 e. The second-order valence-electron chi connectivity index (χ2n) is 5.88. The molecule has 0 aliphatic heterocycles. The van der Waals surface area contributed by atoms with Crippen LogP contribution in [0.4, 0.5) is 8.78 Å². The summed E-state index contributed by atoms with van der Waals surface area (Å²) in [6.45, 7) is -0.0195. The van der Waals surface area contributed by atoms with Crippen LogP contribution in [0.3, 0.4) is 0 Å². The van der Waals surface area contributed by atoms with E-state index < -0.39 is 21.5 Å². The number of nitrogens with zero attached hydrogens (tertiary/aromatic N) is 2. The Hall–Kier alpha value is -2.29. The highest BCUT2D eigenvalue weighted by Crippen LogP contribution is 2.30. The van der Waals surface area contributed by atoms with Gasteiger partial charge in [-0.3, -0.25) is 0 Å². The van der Waals surface area contributed by atoms with Crippen molar-refractivity contribution >= 4 is 33.3 Å². The molecular formula is C18H18ClF2N3O2S. The van der Waals surface area contributed by atoms with Gasteiger partial charge in [0.15, 0.2) is 9.84 Å². The smallest absolute Gasteiger partial charge is 0.175 e. The molecule has 0 aliphatic carbocycles. The first kappa shape index (κ1) is 21.0. The molecule has 1 heterocycles. The maximum absolute atomic E-state index is 14.1. The number of imidazole rings is 1. The minimum atomic E-state index is -3.32. The quantitative estimate of drug-likeness (QED) is 0.694. The maximum Gasteiger partial charge on any atom is 0.175 e. The lowest BCUT2D eigenvalue weighted by atomic mass is 10.0. The number of halogens is 3. The summed E-state index contributed by atoms with van der Waals surface area (Å²) in [7, 11) is -3.32. The highest BCUT2D eigenvalue weighted by atomic mass is 35.5. The molecule has 5 nitrogen and oxygen atoms in total. The lowest BCUT2D eigenvalue weighted by Crippen LogP contribution is -2.00. The third-order valence-electron chi connectivity index (χ3n) is 3.94. The number of fused-ring (bicyclic) bond motifs is 1. The Morgan fingerprint density at radius 1 is 1.26 bits per heavy atom. The average molecular weight is 414 g/mol. The first-order valence-electron chi connectivity index (χ1n) is 7.79. The summed E-state index contributed by atoms with van der Waals surface area (Å²) in [6.07, 6.45) is 3.80. The van der Waals surface area contributed by atoms with Gasteiger partial charge in [-0.25, -0.2) is 22.2 Å². The molecular weight excluding hydrogens is 396 g/mol. The minimum absolute atomic E-state index is 0. The fraction of sp³-hybridized carbons (Fsp3) is 0.167. The summed E-state index contributed by atoms with van der Waals surface area (Å²) in [6, 6.07) is 8.72. The molecule has 0 radical (unpaired) electrons. The molecule has 9 heteroatoms. The zero-order valence-electron chi connectivity index (χ0n) is 14.4. The van der Waals surface area contributed by atoms with Crippen LogP contribution >= 0.6 is 12.4 Å². The molecule has 3 rings (SSSR count). The van der Waals surface area contributed by atoms with Crippen LogP contribution in [0.5, 0.6) is 0 Å². The molecule has 2 N–H and O–H groups in total. The van der Waals surface area contributed by atoms with Crippen LogP contribution in [0.1, 0.15) is 0 Å². The van der Waals surface area contributed by atoms with E-state index in [0.29, 0.717) is 22.2 Å². The highest BCUT2D eigenvalue weighted by molar-refractivity contribution is 7.90. The first-order chi connectivity index (χ1) is 12.3. The molecule has 144 valence electrons. The van der Waals surface area contributed by atoms with Gasteiger partial charge in [0.05, 0.1) is 28.8 Å². The zero-order chi connectivity index (χ0) is 18.9. The van der Waals surface area contributed by atoms with Gasteiger partial charge in [0.25, 0.3) is 0 Å². The van der Waals surface area contributed by atoms with E-state index in [1.807, 2.05) is 0 Å². The van der Waals surface area contributed by atoms with Crippen molar-refractivity contribution in [3.8, 4) is 11.1 Å². The van der Waals surface area contributed by atoms with Crippen LogP contribution in [0.2, 0.25) is 0 Å². The Kier molecular flexibility index (Phi) is 6.35. The third kappa shape index (κ3) is 4.52. The summed E-state index contributed by atoms with van der Waals surface area (Å²) in [5.74, 6) is -0.931. The Morgan fingerprint density at radius 2 is 1.93 bits per heavy atom. The van der Waals surface area contributed by atoms with Crippen LogP contribution < -0.4 is 5.73 Å². The number of aromatic nitrogens is 2. The Balaban J connectivity index is 0.00000261. The zero-order valence-corrected chi connectivity index (χ0v) is 16.0. The second-order valence-corrected chi connectivity index (χ2v) is 7.89. The van der Waals surface area contributed by atoms with Crippen molar-refractivity contribution in [1.82, 2.24) is 9.55 Å². The van der Waals surface area contributed by atoms with E-state index in [2.05, 4.69) is 4.98 Å². The second kappa shape index (κ2) is 8.16. The van der Waals surface area contributed by atoms with E-state index in [9.17, 15) is 17.2 Å². The molecule has 0 spiro atoms. The largest absolute Gasteiger partial charge is 0.327 e. The number of rotatable bonds is 5. The molecule has 27 heavy (non-hydrogen) atoms. The summed E-state index contributed by atoms with van der Waals surface area (Å²) in [5, 5.41) is 0. The SMILES string of the molecule is CS(=O)(=O)c1ccc(-c2cc(F)cc3c2ncn3C/C(F)=C/CN)cc1.Cl. The average Bonchev–Trinajstić information content (AvgIpc) is 2.96. The van der Waals surface area contributed by atoms with Crippen molar-refractivity contribution in [2.45, 2.75) is 11.4 Å². The van der Waals surface area contributed by atoms with Crippen LogP contribution in [0.25, 0.3) is 22.2 Å². The normalized spacial score (nSPS) is 12.2. The number of hydrogen-bond donors (Lipinski definition) is 1. The molecule has 3 aromatic rings. The third-order valence-corrected chi connectivity index (χ3v) is 5.07. The fourth-order valence-electron chi connectivity index (χ4n) is 2.71. The molecule has 1 aromatic heterocycles. The van der Waals surface area contributed by atoms with Crippen molar-refractivity contribution in [2.75, 3.05) is 12.8 Å². The van der Waals surface area contributed by atoms with Gasteiger partial charge < -0.3 is 10.3 Å². The Labute approximate surface area is 161 Å². The van der Waals surface area contributed by atoms with Crippen molar-refractivity contribution in [2.24, 2.45) is 5.73 Å². The van der Waals surface area contributed by atoms with Crippen molar-refractivity contribution in [1.29, 1.82) is 0 Å². The Bertz CT molecular complexity index is 1090. The predicted octanol–water partition coefficient (Wildman–Crippen LogP) is 3.48. The summed E-state index contributed by atoms with van der Waals surface area (Å²) >= 11 is 0. The molecule has 0 unspecified atom stereocenters. The van der Waals surface area contributed by atoms with Gasteiger partial charge in [-0.05, 0) is 35.9 Å².